The van der Waals surface area contributed by atoms with Crippen LogP contribution in [0.5, 0.6) is 5.75 Å². The average Bonchev–Trinajstić information content (AvgIpc) is 3.21. The summed E-state index contributed by atoms with van der Waals surface area (Å²) in [5.74, 6) is 0.317. The van der Waals surface area contributed by atoms with Crippen LogP contribution < -0.4 is 14.9 Å². The highest BCUT2D eigenvalue weighted by atomic mass is 79.9. The molecule has 4 rings (SSSR count). The Kier molecular flexibility index (Phi) is 6.52. The Labute approximate surface area is 203 Å². The van der Waals surface area contributed by atoms with Crippen molar-refractivity contribution in [3.8, 4) is 5.75 Å². The van der Waals surface area contributed by atoms with Crippen molar-refractivity contribution in [2.24, 2.45) is 5.10 Å². The Morgan fingerprint density at radius 3 is 2.68 bits per heavy atom. The molecule has 34 heavy (non-hydrogen) atoms. The van der Waals surface area contributed by atoms with Crippen LogP contribution in [-0.4, -0.2) is 31.6 Å². The smallest absolute Gasteiger partial charge is 0.295 e. The van der Waals surface area contributed by atoms with Gasteiger partial charge in [0.25, 0.3) is 15.7 Å². The molecule has 0 bridgehead atoms. The number of fused-ring (bicyclic) bond motifs is 1. The second-order valence-corrected chi connectivity index (χ2v) is 9.64. The molecule has 0 radical (unpaired) electrons. The molecule has 10 nitrogen and oxygen atoms in total. The lowest BCUT2D eigenvalue weighted by Gasteiger charge is -2.12. The molecule has 3 aromatic carbocycles. The number of nitro groups is 1. The first-order valence-electron chi connectivity index (χ1n) is 9.78. The summed E-state index contributed by atoms with van der Waals surface area (Å²) in [6.07, 6.45) is 3.28. The Morgan fingerprint density at radius 2 is 1.91 bits per heavy atom. The van der Waals surface area contributed by atoms with Crippen LogP contribution in [0.15, 0.2) is 81.3 Å². The number of nitrogens with one attached hydrogen (secondary N) is 3. The molecule has 1 heterocycles. The summed E-state index contributed by atoms with van der Waals surface area (Å²) in [5.41, 5.74) is 4.12. The van der Waals surface area contributed by atoms with Crippen molar-refractivity contribution >= 4 is 60.1 Å². The molecule has 0 saturated carbocycles. The zero-order chi connectivity index (χ0) is 24.3. The molecule has 0 atom stereocenters. The molecular formula is C22H18BrN5O5S. The van der Waals surface area contributed by atoms with E-state index in [0.717, 1.165) is 27.0 Å². The number of aromatic amines is 1. The molecule has 0 aliphatic heterocycles. The highest BCUT2D eigenvalue weighted by Crippen LogP contribution is 2.31. The molecular weight excluding hydrogens is 526 g/mol. The highest BCUT2D eigenvalue weighted by molar-refractivity contribution is 9.10. The third kappa shape index (κ3) is 4.87. The minimum atomic E-state index is -4.11. The Hall–Kier alpha value is -3.90. The normalized spacial score (nSPS) is 11.6. The molecule has 0 aliphatic carbocycles. The van der Waals surface area contributed by atoms with E-state index in [9.17, 15) is 18.5 Å². The van der Waals surface area contributed by atoms with Crippen LogP contribution in [0.1, 0.15) is 5.56 Å². The Bertz CT molecular complexity index is 1520. The van der Waals surface area contributed by atoms with Crippen LogP contribution in [0.4, 0.5) is 17.1 Å². The van der Waals surface area contributed by atoms with E-state index in [4.69, 9.17) is 4.74 Å². The van der Waals surface area contributed by atoms with Crippen LogP contribution in [0.25, 0.3) is 10.9 Å². The molecule has 4 aromatic rings. The van der Waals surface area contributed by atoms with Gasteiger partial charge in [0.1, 0.15) is 11.4 Å². The van der Waals surface area contributed by atoms with Gasteiger partial charge in [-0.2, -0.15) is 5.10 Å². The van der Waals surface area contributed by atoms with Gasteiger partial charge in [0, 0.05) is 33.2 Å². The first-order chi connectivity index (χ1) is 16.3. The standard InChI is InChI=1S/C22H18BrN5O5S/c1-33-22-5-3-2-4-20(22)27-34(31,32)16-7-9-19(21(11-16)28(29)30)26-25-13-14-12-24-18-8-6-15(23)10-17(14)18/h2-13,24,26-27H,1H3. The molecule has 0 amide bonds. The lowest BCUT2D eigenvalue weighted by molar-refractivity contribution is -0.384. The molecule has 0 fully saturated rings. The van der Waals surface area contributed by atoms with Crippen molar-refractivity contribution in [2.75, 3.05) is 17.3 Å². The largest absolute Gasteiger partial charge is 0.495 e. The number of ether oxygens (including phenoxy) is 1. The Balaban J connectivity index is 1.59. The molecule has 0 aliphatic rings. The van der Waals surface area contributed by atoms with Crippen molar-refractivity contribution in [3.63, 3.8) is 0 Å². The van der Waals surface area contributed by atoms with E-state index < -0.39 is 20.6 Å². The van der Waals surface area contributed by atoms with E-state index in [0.29, 0.717) is 5.75 Å². The maximum absolute atomic E-state index is 12.8. The summed E-state index contributed by atoms with van der Waals surface area (Å²) in [7, 11) is -2.70. The lowest BCUT2D eigenvalue weighted by Crippen LogP contribution is -2.14. The minimum Gasteiger partial charge on any atom is -0.495 e. The van der Waals surface area contributed by atoms with Crippen LogP contribution in [0.2, 0.25) is 0 Å². The number of methoxy groups -OCH3 is 1. The van der Waals surface area contributed by atoms with Crippen molar-refractivity contribution < 1.29 is 18.1 Å². The third-order valence-electron chi connectivity index (χ3n) is 4.89. The number of benzene rings is 3. The van der Waals surface area contributed by atoms with Gasteiger partial charge in [-0.3, -0.25) is 20.3 Å². The lowest BCUT2D eigenvalue weighted by atomic mass is 10.2. The number of halogens is 1. The van der Waals surface area contributed by atoms with Gasteiger partial charge < -0.3 is 9.72 Å². The fourth-order valence-corrected chi connectivity index (χ4v) is 4.70. The van der Waals surface area contributed by atoms with E-state index >= 15 is 0 Å². The van der Waals surface area contributed by atoms with Gasteiger partial charge in [-0.05, 0) is 42.5 Å². The predicted octanol–water partition coefficient (Wildman–Crippen LogP) is 5.09. The SMILES string of the molecule is COc1ccccc1NS(=O)(=O)c1ccc(NN=Cc2c[nH]c3ccc(Br)cc23)c([N+](=O)[O-])c1. The van der Waals surface area contributed by atoms with Crippen LogP contribution in [-0.2, 0) is 10.0 Å². The highest BCUT2D eigenvalue weighted by Gasteiger charge is 2.22. The minimum absolute atomic E-state index is 0.0403. The number of anilines is 2. The van der Waals surface area contributed by atoms with Crippen molar-refractivity contribution in [3.05, 3.63) is 87.0 Å². The molecule has 0 unspecified atom stereocenters. The average molecular weight is 544 g/mol. The van der Waals surface area contributed by atoms with Crippen LogP contribution in [0.3, 0.4) is 0 Å². The van der Waals surface area contributed by atoms with Gasteiger partial charge in [0.15, 0.2) is 0 Å². The zero-order valence-corrected chi connectivity index (χ0v) is 20.1. The zero-order valence-electron chi connectivity index (χ0n) is 17.7. The molecule has 0 saturated heterocycles. The number of H-pyrrole nitrogens is 1. The second kappa shape index (κ2) is 9.53. The maximum atomic E-state index is 12.8. The van der Waals surface area contributed by atoms with E-state index in [-0.39, 0.29) is 16.3 Å². The van der Waals surface area contributed by atoms with E-state index in [1.54, 1.807) is 24.4 Å². The van der Waals surface area contributed by atoms with Crippen molar-refractivity contribution in [1.29, 1.82) is 0 Å². The number of nitrogens with zero attached hydrogens (tertiary/aromatic N) is 2. The number of para-hydroxylation sites is 2. The van der Waals surface area contributed by atoms with Crippen molar-refractivity contribution in [2.45, 2.75) is 4.90 Å². The molecule has 1 aromatic heterocycles. The number of hydrogen-bond donors (Lipinski definition) is 3. The summed E-state index contributed by atoms with van der Waals surface area (Å²) >= 11 is 3.42. The van der Waals surface area contributed by atoms with Gasteiger partial charge in [0.2, 0.25) is 0 Å². The fraction of sp³-hybridized carbons (Fsp3) is 0.0455. The summed E-state index contributed by atoms with van der Waals surface area (Å²) in [6.45, 7) is 0. The quantitative estimate of drug-likeness (QED) is 0.160. The number of hydrazone groups is 1. The van der Waals surface area contributed by atoms with Crippen molar-refractivity contribution in [1.82, 2.24) is 4.98 Å². The first-order valence-corrected chi connectivity index (χ1v) is 12.1. The second-order valence-electron chi connectivity index (χ2n) is 7.05. The number of aromatic nitrogens is 1. The summed E-state index contributed by atoms with van der Waals surface area (Å²) in [4.78, 5) is 13.8. The first kappa shape index (κ1) is 23.3. The van der Waals surface area contributed by atoms with Gasteiger partial charge in [0.05, 0.1) is 28.8 Å². The summed E-state index contributed by atoms with van der Waals surface area (Å²) in [6, 6.07) is 15.7. The summed E-state index contributed by atoms with van der Waals surface area (Å²) in [5, 5.41) is 16.6. The van der Waals surface area contributed by atoms with Gasteiger partial charge in [-0.1, -0.05) is 28.1 Å². The molecule has 174 valence electrons. The molecule has 3 N–H and O–H groups in total. The van der Waals surface area contributed by atoms with E-state index in [1.807, 2.05) is 18.2 Å². The van der Waals surface area contributed by atoms with Gasteiger partial charge in [-0.15, -0.1) is 0 Å². The number of rotatable bonds is 8. The van der Waals surface area contributed by atoms with Crippen LogP contribution in [0, 0.1) is 10.1 Å². The molecule has 12 heteroatoms. The molecule has 0 spiro atoms. The van der Waals surface area contributed by atoms with Gasteiger partial charge in [-0.25, -0.2) is 8.42 Å². The van der Waals surface area contributed by atoms with Crippen LogP contribution >= 0.6 is 15.9 Å². The van der Waals surface area contributed by atoms with Gasteiger partial charge >= 0.3 is 0 Å². The predicted molar refractivity (Wildman–Crippen MR) is 134 cm³/mol. The number of sulfonamides is 1. The van der Waals surface area contributed by atoms with E-state index in [1.165, 1.54) is 31.5 Å². The topological polar surface area (TPSA) is 139 Å². The monoisotopic (exact) mass is 543 g/mol. The number of nitro benzene ring substituents is 1. The number of hydrogen-bond acceptors (Lipinski definition) is 7. The Morgan fingerprint density at radius 1 is 1.12 bits per heavy atom. The maximum Gasteiger partial charge on any atom is 0.295 e. The van der Waals surface area contributed by atoms with E-state index in [2.05, 4.69) is 36.2 Å². The fourth-order valence-electron chi connectivity index (χ4n) is 3.25. The third-order valence-corrected chi connectivity index (χ3v) is 6.75. The summed E-state index contributed by atoms with van der Waals surface area (Å²) < 4.78 is 34.1.